The zero-order chi connectivity index (χ0) is 19.4. The Hall–Kier alpha value is -3.55. The van der Waals surface area contributed by atoms with Crippen LogP contribution in [0.5, 0.6) is 0 Å². The first-order valence-corrected chi connectivity index (χ1v) is 7.89. The third-order valence-electron chi connectivity index (χ3n) is 3.65. The SMILES string of the molecule is Cc1onc(-c2ccccc2)c1C(=O)OCC(=O)Nc1ccc(F)cc1F. The number of hydrogen-bond acceptors (Lipinski definition) is 5. The van der Waals surface area contributed by atoms with Crippen LogP contribution in [0.4, 0.5) is 14.5 Å². The normalized spacial score (nSPS) is 10.5. The molecule has 0 fully saturated rings. The van der Waals surface area contributed by atoms with E-state index in [4.69, 9.17) is 9.26 Å². The summed E-state index contributed by atoms with van der Waals surface area (Å²) in [6.45, 7) is 0.887. The molecule has 0 bridgehead atoms. The number of halogens is 2. The van der Waals surface area contributed by atoms with Crippen LogP contribution >= 0.6 is 0 Å². The van der Waals surface area contributed by atoms with Crippen LogP contribution in [0.2, 0.25) is 0 Å². The molecule has 138 valence electrons. The second kappa shape index (κ2) is 7.77. The number of benzene rings is 2. The van der Waals surface area contributed by atoms with Gasteiger partial charge in [-0.2, -0.15) is 0 Å². The lowest BCUT2D eigenvalue weighted by atomic mass is 10.1. The number of aryl methyl sites for hydroxylation is 1. The Bertz CT molecular complexity index is 987. The minimum absolute atomic E-state index is 0.0990. The van der Waals surface area contributed by atoms with Gasteiger partial charge in [0.1, 0.15) is 28.7 Å². The van der Waals surface area contributed by atoms with E-state index in [1.165, 1.54) is 0 Å². The predicted octanol–water partition coefficient (Wildman–Crippen LogP) is 3.72. The number of nitrogens with zero attached hydrogens (tertiary/aromatic N) is 1. The van der Waals surface area contributed by atoms with Crippen molar-refractivity contribution in [2.75, 3.05) is 11.9 Å². The van der Waals surface area contributed by atoms with Gasteiger partial charge < -0.3 is 14.6 Å². The first-order chi connectivity index (χ1) is 13.0. The van der Waals surface area contributed by atoms with E-state index in [1.807, 2.05) is 6.07 Å². The van der Waals surface area contributed by atoms with Crippen LogP contribution in [-0.2, 0) is 9.53 Å². The number of nitrogens with one attached hydrogen (secondary N) is 1. The summed E-state index contributed by atoms with van der Waals surface area (Å²) in [7, 11) is 0. The van der Waals surface area contributed by atoms with Gasteiger partial charge >= 0.3 is 5.97 Å². The Morgan fingerprint density at radius 2 is 1.89 bits per heavy atom. The largest absolute Gasteiger partial charge is 0.452 e. The smallest absolute Gasteiger partial charge is 0.344 e. The molecule has 0 unspecified atom stereocenters. The van der Waals surface area contributed by atoms with Crippen molar-refractivity contribution >= 4 is 17.6 Å². The molecule has 0 aliphatic carbocycles. The maximum Gasteiger partial charge on any atom is 0.344 e. The van der Waals surface area contributed by atoms with Crippen molar-refractivity contribution in [2.24, 2.45) is 0 Å². The number of hydrogen-bond donors (Lipinski definition) is 1. The summed E-state index contributed by atoms with van der Waals surface area (Å²) in [4.78, 5) is 24.2. The highest BCUT2D eigenvalue weighted by Gasteiger charge is 2.23. The summed E-state index contributed by atoms with van der Waals surface area (Å²) in [6, 6.07) is 11.6. The third kappa shape index (κ3) is 4.17. The number of anilines is 1. The Morgan fingerprint density at radius 3 is 2.59 bits per heavy atom. The lowest BCUT2D eigenvalue weighted by Gasteiger charge is -2.08. The van der Waals surface area contributed by atoms with Gasteiger partial charge in [-0.25, -0.2) is 13.6 Å². The number of rotatable bonds is 5. The van der Waals surface area contributed by atoms with E-state index in [2.05, 4.69) is 10.5 Å². The molecule has 1 aromatic heterocycles. The summed E-state index contributed by atoms with van der Waals surface area (Å²) >= 11 is 0. The lowest BCUT2D eigenvalue weighted by molar-refractivity contribution is -0.119. The molecule has 3 aromatic rings. The van der Waals surface area contributed by atoms with E-state index in [-0.39, 0.29) is 17.0 Å². The maximum absolute atomic E-state index is 13.5. The van der Waals surface area contributed by atoms with E-state index >= 15 is 0 Å². The number of ether oxygens (including phenoxy) is 1. The van der Waals surface area contributed by atoms with Crippen molar-refractivity contribution in [1.29, 1.82) is 0 Å². The summed E-state index contributed by atoms with van der Waals surface area (Å²) in [5.74, 6) is -3.04. The highest BCUT2D eigenvalue weighted by Crippen LogP contribution is 2.25. The van der Waals surface area contributed by atoms with Crippen LogP contribution in [0.25, 0.3) is 11.3 Å². The molecule has 0 spiro atoms. The second-order valence-electron chi connectivity index (χ2n) is 5.58. The zero-order valence-corrected chi connectivity index (χ0v) is 14.2. The Morgan fingerprint density at radius 1 is 1.15 bits per heavy atom. The molecule has 1 heterocycles. The van der Waals surface area contributed by atoms with Crippen LogP contribution in [0, 0.1) is 18.6 Å². The minimum atomic E-state index is -0.934. The first-order valence-electron chi connectivity index (χ1n) is 7.89. The highest BCUT2D eigenvalue weighted by molar-refractivity contribution is 5.99. The molecule has 0 aliphatic rings. The zero-order valence-electron chi connectivity index (χ0n) is 14.2. The van der Waals surface area contributed by atoms with Crippen LogP contribution in [0.15, 0.2) is 53.1 Å². The molecule has 3 rings (SSSR count). The quantitative estimate of drug-likeness (QED) is 0.691. The molecule has 1 amide bonds. The fourth-order valence-corrected chi connectivity index (χ4v) is 2.39. The number of amides is 1. The second-order valence-corrected chi connectivity index (χ2v) is 5.58. The van der Waals surface area contributed by atoms with Gasteiger partial charge in [0.2, 0.25) is 0 Å². The minimum Gasteiger partial charge on any atom is -0.452 e. The molecule has 8 heteroatoms. The van der Waals surface area contributed by atoms with Gasteiger partial charge in [0, 0.05) is 11.6 Å². The van der Waals surface area contributed by atoms with Gasteiger partial charge in [-0.05, 0) is 19.1 Å². The monoisotopic (exact) mass is 372 g/mol. The van der Waals surface area contributed by atoms with Crippen LogP contribution in [0.1, 0.15) is 16.1 Å². The third-order valence-corrected chi connectivity index (χ3v) is 3.65. The van der Waals surface area contributed by atoms with Gasteiger partial charge in [0.15, 0.2) is 6.61 Å². The van der Waals surface area contributed by atoms with Gasteiger partial charge in [-0.3, -0.25) is 4.79 Å². The number of aromatic nitrogens is 1. The molecule has 2 aromatic carbocycles. The van der Waals surface area contributed by atoms with Gasteiger partial charge in [-0.15, -0.1) is 0 Å². The molecule has 0 saturated carbocycles. The van der Waals surface area contributed by atoms with Gasteiger partial charge in [0.25, 0.3) is 5.91 Å². The number of carbonyl (C=O) groups excluding carboxylic acids is 2. The predicted molar refractivity (Wildman–Crippen MR) is 91.9 cm³/mol. The van der Waals surface area contributed by atoms with Gasteiger partial charge in [0.05, 0.1) is 5.69 Å². The number of carbonyl (C=O) groups is 2. The van der Waals surface area contributed by atoms with Crippen molar-refractivity contribution in [2.45, 2.75) is 6.92 Å². The number of esters is 1. The molecule has 0 aliphatic heterocycles. The molecule has 0 atom stereocenters. The Labute approximate surface area is 152 Å². The highest BCUT2D eigenvalue weighted by atomic mass is 19.1. The van der Waals surface area contributed by atoms with Crippen LogP contribution < -0.4 is 5.32 Å². The van der Waals surface area contributed by atoms with Crippen molar-refractivity contribution in [3.05, 3.63) is 71.5 Å². The molecule has 0 saturated heterocycles. The molecule has 0 radical (unpaired) electrons. The average Bonchev–Trinajstić information content (AvgIpc) is 3.04. The fourth-order valence-electron chi connectivity index (χ4n) is 2.39. The first kappa shape index (κ1) is 18.2. The Kier molecular flexibility index (Phi) is 5.25. The van der Waals surface area contributed by atoms with E-state index in [1.54, 1.807) is 31.2 Å². The van der Waals surface area contributed by atoms with Crippen LogP contribution in [0.3, 0.4) is 0 Å². The summed E-state index contributed by atoms with van der Waals surface area (Å²) in [5.41, 5.74) is 0.827. The van der Waals surface area contributed by atoms with E-state index < -0.39 is 30.1 Å². The molecular weight excluding hydrogens is 358 g/mol. The fraction of sp³-hybridized carbons (Fsp3) is 0.105. The van der Waals surface area contributed by atoms with E-state index in [0.717, 1.165) is 12.1 Å². The van der Waals surface area contributed by atoms with E-state index in [9.17, 15) is 18.4 Å². The molecule has 27 heavy (non-hydrogen) atoms. The Balaban J connectivity index is 1.68. The summed E-state index contributed by atoms with van der Waals surface area (Å²) < 4.78 is 36.5. The summed E-state index contributed by atoms with van der Waals surface area (Å²) in [6.07, 6.45) is 0. The van der Waals surface area contributed by atoms with Gasteiger partial charge in [-0.1, -0.05) is 35.5 Å². The van der Waals surface area contributed by atoms with Crippen molar-refractivity contribution in [3.63, 3.8) is 0 Å². The summed E-state index contributed by atoms with van der Waals surface area (Å²) in [5, 5.41) is 6.06. The standard InChI is InChI=1S/C19H14F2N2O4/c1-11-17(18(23-27-11)12-5-3-2-4-6-12)19(25)26-10-16(24)22-15-8-7-13(20)9-14(15)21/h2-9H,10H2,1H3,(H,22,24). The van der Waals surface area contributed by atoms with E-state index in [0.29, 0.717) is 17.3 Å². The van der Waals surface area contributed by atoms with Crippen molar-refractivity contribution in [3.8, 4) is 11.3 Å². The van der Waals surface area contributed by atoms with Crippen molar-refractivity contribution < 1.29 is 27.6 Å². The average molecular weight is 372 g/mol. The lowest BCUT2D eigenvalue weighted by Crippen LogP contribution is -2.21. The maximum atomic E-state index is 13.5. The molecular formula is C19H14F2N2O4. The van der Waals surface area contributed by atoms with Crippen LogP contribution in [-0.4, -0.2) is 23.6 Å². The molecule has 1 N–H and O–H groups in total. The topological polar surface area (TPSA) is 81.4 Å². The van der Waals surface area contributed by atoms with Crippen molar-refractivity contribution in [1.82, 2.24) is 5.16 Å². The molecule has 6 nitrogen and oxygen atoms in total.